The van der Waals surface area contributed by atoms with Gasteiger partial charge in [0, 0.05) is 22.6 Å². The molecule has 2 aromatic rings. The molecule has 0 spiro atoms. The van der Waals surface area contributed by atoms with Crippen molar-refractivity contribution >= 4 is 28.9 Å². The van der Waals surface area contributed by atoms with E-state index in [2.05, 4.69) is 10.6 Å². The first-order valence-corrected chi connectivity index (χ1v) is 7.70. The summed E-state index contributed by atoms with van der Waals surface area (Å²) in [5.41, 5.74) is 0.372. The van der Waals surface area contributed by atoms with Gasteiger partial charge in [0.1, 0.15) is 11.6 Å². The summed E-state index contributed by atoms with van der Waals surface area (Å²) in [4.78, 5) is 12.2. The summed E-state index contributed by atoms with van der Waals surface area (Å²) >= 11 is 5.97. The number of halogens is 4. The zero-order valence-electron chi connectivity index (χ0n) is 13.5. The highest BCUT2D eigenvalue weighted by atomic mass is 35.5. The summed E-state index contributed by atoms with van der Waals surface area (Å²) in [6, 6.07) is 10.9. The highest BCUT2D eigenvalue weighted by Gasteiger charge is 2.29. The molecule has 4 nitrogen and oxygen atoms in total. The Labute approximate surface area is 152 Å². The molecule has 0 aliphatic heterocycles. The normalized spacial score (nSPS) is 11.6. The summed E-state index contributed by atoms with van der Waals surface area (Å²) < 4.78 is 37.6. The van der Waals surface area contributed by atoms with E-state index in [1.807, 2.05) is 0 Å². The Bertz CT molecular complexity index is 884. The third-order valence-electron chi connectivity index (χ3n) is 3.48. The third kappa shape index (κ3) is 4.77. The second-order valence-electron chi connectivity index (χ2n) is 5.26. The summed E-state index contributed by atoms with van der Waals surface area (Å²) in [6.07, 6.45) is -3.31. The highest BCUT2D eigenvalue weighted by Crippen LogP contribution is 2.29. The van der Waals surface area contributed by atoms with Gasteiger partial charge < -0.3 is 10.6 Å². The fourth-order valence-electron chi connectivity index (χ4n) is 1.99. The highest BCUT2D eigenvalue weighted by molar-refractivity contribution is 6.31. The number of rotatable bonds is 4. The maximum Gasteiger partial charge on any atom is 0.416 e. The number of nitrogens with zero attached hydrogens (tertiary/aromatic N) is 1. The van der Waals surface area contributed by atoms with Crippen LogP contribution in [0.5, 0.6) is 0 Å². The number of carbonyl (C=O) groups is 1. The molecule has 134 valence electrons. The molecule has 0 saturated carbocycles. The van der Waals surface area contributed by atoms with Gasteiger partial charge in [0.2, 0.25) is 0 Å². The van der Waals surface area contributed by atoms with Crippen LogP contribution in [0.1, 0.15) is 11.1 Å². The van der Waals surface area contributed by atoms with Gasteiger partial charge in [-0.2, -0.15) is 18.4 Å². The Balaban J connectivity index is 2.11. The minimum absolute atomic E-state index is 0.246. The van der Waals surface area contributed by atoms with Crippen LogP contribution in [-0.4, -0.2) is 5.91 Å². The summed E-state index contributed by atoms with van der Waals surface area (Å²) in [7, 11) is 0. The van der Waals surface area contributed by atoms with Crippen LogP contribution in [0.25, 0.3) is 0 Å². The van der Waals surface area contributed by atoms with Gasteiger partial charge in [-0.05, 0) is 48.9 Å². The van der Waals surface area contributed by atoms with Gasteiger partial charge in [0.05, 0.1) is 5.56 Å². The van der Waals surface area contributed by atoms with E-state index in [0.717, 1.165) is 18.3 Å². The molecule has 0 bridgehead atoms. The Hall–Kier alpha value is -2.98. The lowest BCUT2D eigenvalue weighted by Crippen LogP contribution is -2.15. The average Bonchev–Trinajstić information content (AvgIpc) is 2.59. The number of amides is 1. The Morgan fingerprint density at radius 3 is 2.42 bits per heavy atom. The Morgan fingerprint density at radius 1 is 1.19 bits per heavy atom. The van der Waals surface area contributed by atoms with Gasteiger partial charge in [-0.3, -0.25) is 4.79 Å². The van der Waals surface area contributed by atoms with Crippen molar-refractivity contribution in [2.45, 2.75) is 13.1 Å². The molecule has 0 atom stereocenters. The van der Waals surface area contributed by atoms with Crippen LogP contribution in [0, 0.1) is 18.3 Å². The molecule has 0 aliphatic carbocycles. The van der Waals surface area contributed by atoms with E-state index in [1.165, 1.54) is 12.1 Å². The standard InChI is InChI=1S/C18H13ClF3N3O/c1-11-15(19)3-2-4-16(11)25-17(26)12(9-23)10-24-14-7-5-13(6-8-14)18(20,21)22/h2-8,10,24H,1H3,(H,25,26)/b12-10-. The maximum atomic E-state index is 12.5. The first-order chi connectivity index (χ1) is 12.2. The van der Waals surface area contributed by atoms with Gasteiger partial charge >= 0.3 is 6.18 Å². The largest absolute Gasteiger partial charge is 0.416 e. The number of benzene rings is 2. The molecule has 0 saturated heterocycles. The predicted octanol–water partition coefficient (Wildman–Crippen LogP) is 5.13. The van der Waals surface area contributed by atoms with E-state index in [-0.39, 0.29) is 5.57 Å². The Morgan fingerprint density at radius 2 is 1.85 bits per heavy atom. The van der Waals surface area contributed by atoms with Crippen LogP contribution >= 0.6 is 11.6 Å². The summed E-state index contributed by atoms with van der Waals surface area (Å²) in [5, 5.41) is 14.8. The first kappa shape index (κ1) is 19.3. The zero-order chi connectivity index (χ0) is 19.3. The maximum absolute atomic E-state index is 12.5. The molecule has 2 N–H and O–H groups in total. The van der Waals surface area contributed by atoms with E-state index in [4.69, 9.17) is 16.9 Å². The molecule has 26 heavy (non-hydrogen) atoms. The topological polar surface area (TPSA) is 64.9 Å². The smallest absolute Gasteiger partial charge is 0.360 e. The van der Waals surface area contributed by atoms with Crippen LogP contribution in [0.2, 0.25) is 5.02 Å². The van der Waals surface area contributed by atoms with Crippen molar-refractivity contribution in [2.75, 3.05) is 10.6 Å². The lowest BCUT2D eigenvalue weighted by molar-refractivity contribution is -0.137. The molecule has 2 rings (SSSR count). The molecular weight excluding hydrogens is 367 g/mol. The van der Waals surface area contributed by atoms with Gasteiger partial charge in [-0.1, -0.05) is 17.7 Å². The second-order valence-corrected chi connectivity index (χ2v) is 5.66. The fraction of sp³-hybridized carbons (Fsp3) is 0.111. The lowest BCUT2D eigenvalue weighted by Gasteiger charge is -2.09. The van der Waals surface area contributed by atoms with E-state index in [9.17, 15) is 18.0 Å². The number of anilines is 2. The van der Waals surface area contributed by atoms with Gasteiger partial charge in [0.25, 0.3) is 5.91 Å². The molecule has 8 heteroatoms. The SMILES string of the molecule is Cc1c(Cl)cccc1NC(=O)/C(C#N)=C\Nc1ccc(C(F)(F)F)cc1. The molecule has 0 fully saturated rings. The average molecular weight is 380 g/mol. The van der Waals surface area contributed by atoms with Gasteiger partial charge in [0.15, 0.2) is 0 Å². The van der Waals surface area contributed by atoms with Crippen LogP contribution in [-0.2, 0) is 11.0 Å². The van der Waals surface area contributed by atoms with Crippen molar-refractivity contribution in [3.8, 4) is 6.07 Å². The molecule has 0 aliphatic rings. The van der Waals surface area contributed by atoms with E-state index in [1.54, 1.807) is 31.2 Å². The molecule has 2 aromatic carbocycles. The van der Waals surface area contributed by atoms with Crippen LogP contribution in [0.4, 0.5) is 24.5 Å². The van der Waals surface area contributed by atoms with Crippen LogP contribution in [0.3, 0.4) is 0 Å². The second kappa shape index (κ2) is 7.93. The van der Waals surface area contributed by atoms with Crippen molar-refractivity contribution < 1.29 is 18.0 Å². The van der Waals surface area contributed by atoms with Crippen LogP contribution < -0.4 is 10.6 Å². The lowest BCUT2D eigenvalue weighted by atomic mass is 10.2. The van der Waals surface area contributed by atoms with Gasteiger partial charge in [-0.25, -0.2) is 0 Å². The van der Waals surface area contributed by atoms with Crippen molar-refractivity contribution in [1.29, 1.82) is 5.26 Å². The van der Waals surface area contributed by atoms with Crippen LogP contribution in [0.15, 0.2) is 54.2 Å². The number of nitrogens with one attached hydrogen (secondary N) is 2. The predicted molar refractivity (Wildman–Crippen MR) is 93.6 cm³/mol. The number of hydrogen-bond acceptors (Lipinski definition) is 3. The molecular formula is C18H13ClF3N3O. The minimum Gasteiger partial charge on any atom is -0.360 e. The number of carbonyl (C=O) groups excluding carboxylic acids is 1. The summed E-state index contributed by atoms with van der Waals surface area (Å²) in [5.74, 6) is -0.669. The molecule has 1 amide bonds. The molecule has 0 heterocycles. The number of hydrogen-bond donors (Lipinski definition) is 2. The number of nitriles is 1. The van der Waals surface area contributed by atoms with E-state index >= 15 is 0 Å². The fourth-order valence-corrected chi connectivity index (χ4v) is 2.17. The first-order valence-electron chi connectivity index (χ1n) is 7.33. The van der Waals surface area contributed by atoms with E-state index < -0.39 is 17.6 Å². The zero-order valence-corrected chi connectivity index (χ0v) is 14.2. The summed E-state index contributed by atoms with van der Waals surface area (Å²) in [6.45, 7) is 1.72. The van der Waals surface area contributed by atoms with Crippen molar-refractivity contribution in [3.63, 3.8) is 0 Å². The van der Waals surface area contributed by atoms with Crippen molar-refractivity contribution in [1.82, 2.24) is 0 Å². The van der Waals surface area contributed by atoms with Crippen molar-refractivity contribution in [2.24, 2.45) is 0 Å². The molecule has 0 unspecified atom stereocenters. The van der Waals surface area contributed by atoms with Gasteiger partial charge in [-0.15, -0.1) is 0 Å². The number of alkyl halides is 3. The quantitative estimate of drug-likeness (QED) is 0.572. The van der Waals surface area contributed by atoms with E-state index in [0.29, 0.717) is 22.0 Å². The third-order valence-corrected chi connectivity index (χ3v) is 3.89. The Kier molecular flexibility index (Phi) is 5.90. The minimum atomic E-state index is -4.43. The monoisotopic (exact) mass is 379 g/mol. The molecule has 0 aromatic heterocycles. The van der Waals surface area contributed by atoms with Crippen molar-refractivity contribution in [3.05, 3.63) is 70.4 Å². The molecule has 0 radical (unpaired) electrons.